The molecule has 3 saturated carbocycles. The van der Waals surface area contributed by atoms with Gasteiger partial charge in [0.25, 0.3) is 0 Å². The van der Waals surface area contributed by atoms with Crippen molar-refractivity contribution in [2.24, 2.45) is 41.4 Å². The van der Waals surface area contributed by atoms with E-state index in [0.29, 0.717) is 17.8 Å². The summed E-state index contributed by atoms with van der Waals surface area (Å²) in [6.07, 6.45) is 5.33. The quantitative estimate of drug-likeness (QED) is 0.522. The molecule has 0 spiro atoms. The predicted molar refractivity (Wildman–Crippen MR) is 95.3 cm³/mol. The predicted octanol–water partition coefficient (Wildman–Crippen LogP) is 2.73. The number of carbonyl (C=O) groups is 3. The maximum atomic E-state index is 12.7. The van der Waals surface area contributed by atoms with Crippen LogP contribution < -0.4 is 0 Å². The molecule has 4 rings (SSSR count). The molecular weight excluding hydrogens is 348 g/mol. The average Bonchev–Trinajstić information content (AvgIpc) is 3.40. The third-order valence-corrected chi connectivity index (χ3v) is 7.63. The van der Waals surface area contributed by atoms with E-state index in [-0.39, 0.29) is 37.5 Å². The normalized spacial score (nSPS) is 42.1. The third-order valence-electron chi connectivity index (χ3n) is 7.63. The van der Waals surface area contributed by atoms with Crippen molar-refractivity contribution in [3.05, 3.63) is 0 Å². The summed E-state index contributed by atoms with van der Waals surface area (Å²) in [5.41, 5.74) is 0. The lowest BCUT2D eigenvalue weighted by Gasteiger charge is -2.34. The van der Waals surface area contributed by atoms with E-state index in [0.717, 1.165) is 30.6 Å². The van der Waals surface area contributed by atoms with E-state index >= 15 is 0 Å². The van der Waals surface area contributed by atoms with Crippen molar-refractivity contribution in [2.75, 3.05) is 13.2 Å². The number of carbonyl (C=O) groups excluding carboxylic acids is 3. The van der Waals surface area contributed by atoms with Gasteiger partial charge < -0.3 is 14.2 Å². The van der Waals surface area contributed by atoms with E-state index in [1.807, 2.05) is 0 Å². The van der Waals surface area contributed by atoms with Crippen LogP contribution in [0.5, 0.6) is 0 Å². The minimum absolute atomic E-state index is 0.0647. The van der Waals surface area contributed by atoms with Gasteiger partial charge in [-0.3, -0.25) is 9.59 Å². The monoisotopic (exact) mass is 378 g/mol. The molecule has 3 aliphatic carbocycles. The molecule has 4 fully saturated rings. The molecule has 2 bridgehead atoms. The Labute approximate surface area is 160 Å². The molecule has 150 valence electrons. The van der Waals surface area contributed by atoms with Crippen LogP contribution in [0.25, 0.3) is 0 Å². The van der Waals surface area contributed by atoms with Gasteiger partial charge in [-0.15, -0.1) is 0 Å². The summed E-state index contributed by atoms with van der Waals surface area (Å²) in [7, 11) is 0. The zero-order chi connectivity index (χ0) is 19.1. The number of rotatable bonds is 6. The lowest BCUT2D eigenvalue weighted by molar-refractivity contribution is -0.166. The fraction of sp³-hybridized carbons (Fsp3) is 0.857. The molecule has 1 saturated heterocycles. The summed E-state index contributed by atoms with van der Waals surface area (Å²) < 4.78 is 15.2. The van der Waals surface area contributed by atoms with E-state index in [9.17, 15) is 14.4 Å². The number of hydrogen-bond acceptors (Lipinski definition) is 6. The lowest BCUT2D eigenvalue weighted by atomic mass is 9.70. The zero-order valence-electron chi connectivity index (χ0n) is 16.2. The first-order valence-corrected chi connectivity index (χ1v) is 10.5. The van der Waals surface area contributed by atoms with Crippen LogP contribution >= 0.6 is 0 Å². The van der Waals surface area contributed by atoms with E-state index in [1.54, 1.807) is 0 Å². The highest BCUT2D eigenvalue weighted by molar-refractivity contribution is 5.79. The van der Waals surface area contributed by atoms with Crippen LogP contribution in [0, 0.1) is 41.4 Å². The molecule has 1 aliphatic heterocycles. The van der Waals surface area contributed by atoms with Gasteiger partial charge in [-0.2, -0.15) is 0 Å². The van der Waals surface area contributed by atoms with Gasteiger partial charge in [0.15, 0.2) is 6.61 Å². The fourth-order valence-electron chi connectivity index (χ4n) is 6.69. The average molecular weight is 378 g/mol. The van der Waals surface area contributed by atoms with Crippen LogP contribution in [0.2, 0.25) is 0 Å². The molecule has 0 aromatic heterocycles. The Morgan fingerprint density at radius 2 is 1.81 bits per heavy atom. The van der Waals surface area contributed by atoms with Gasteiger partial charge in [-0.25, -0.2) is 4.79 Å². The van der Waals surface area contributed by atoms with Crippen molar-refractivity contribution in [3.63, 3.8) is 0 Å². The third kappa shape index (κ3) is 3.36. The molecule has 8 unspecified atom stereocenters. The molecule has 27 heavy (non-hydrogen) atoms. The summed E-state index contributed by atoms with van der Waals surface area (Å²) in [4.78, 5) is 35.6. The largest absolute Gasteiger partial charge is 0.462 e. The Hall–Kier alpha value is -1.59. The second-order valence-corrected chi connectivity index (χ2v) is 8.84. The van der Waals surface area contributed by atoms with E-state index in [4.69, 9.17) is 14.2 Å². The van der Waals surface area contributed by atoms with Gasteiger partial charge in [0.05, 0.1) is 12.3 Å². The minimum atomic E-state index is -0.606. The Kier molecular flexibility index (Phi) is 5.17. The van der Waals surface area contributed by atoms with Gasteiger partial charge in [0.2, 0.25) is 0 Å². The van der Waals surface area contributed by atoms with Crippen molar-refractivity contribution in [1.82, 2.24) is 0 Å². The second-order valence-electron chi connectivity index (χ2n) is 8.84. The first kappa shape index (κ1) is 18.8. The molecule has 0 radical (unpaired) electrons. The maximum Gasteiger partial charge on any atom is 0.344 e. The Morgan fingerprint density at radius 1 is 1.07 bits per heavy atom. The molecule has 1 heterocycles. The number of hydrogen-bond donors (Lipinski definition) is 0. The van der Waals surface area contributed by atoms with Crippen molar-refractivity contribution >= 4 is 17.9 Å². The van der Waals surface area contributed by atoms with Gasteiger partial charge in [-0.1, -0.05) is 26.7 Å². The highest BCUT2D eigenvalue weighted by Gasteiger charge is 2.61. The minimum Gasteiger partial charge on any atom is -0.462 e. The molecule has 8 atom stereocenters. The second kappa shape index (κ2) is 7.44. The lowest BCUT2D eigenvalue weighted by Crippen LogP contribution is -2.35. The van der Waals surface area contributed by atoms with E-state index in [1.165, 1.54) is 19.3 Å². The smallest absolute Gasteiger partial charge is 0.344 e. The van der Waals surface area contributed by atoms with Crippen LogP contribution in [0.15, 0.2) is 0 Å². The standard InChI is InChI=1S/C21H30O6/c1-3-11-5-12(4-2)20-15-6-13(19(11)20)7-16(15)21(24)26-10-18(23)27-14-8-17(22)25-9-14/h11-16,19-20H,3-10H2,1-2H3. The molecule has 0 aromatic carbocycles. The molecule has 0 amide bonds. The Balaban J connectivity index is 1.30. The van der Waals surface area contributed by atoms with Gasteiger partial charge in [-0.05, 0) is 54.8 Å². The van der Waals surface area contributed by atoms with Gasteiger partial charge >= 0.3 is 17.9 Å². The molecular formula is C21H30O6. The van der Waals surface area contributed by atoms with Gasteiger partial charge in [0, 0.05) is 0 Å². The molecule has 0 N–H and O–H groups in total. The highest BCUT2D eigenvalue weighted by atomic mass is 16.6. The number of cyclic esters (lactones) is 1. The van der Waals surface area contributed by atoms with Crippen LogP contribution in [0.3, 0.4) is 0 Å². The number of fused-ring (bicyclic) bond motifs is 5. The molecule has 0 aromatic rings. The van der Waals surface area contributed by atoms with E-state index < -0.39 is 12.1 Å². The van der Waals surface area contributed by atoms with Gasteiger partial charge in [0.1, 0.15) is 12.7 Å². The Bertz CT molecular complexity index is 616. The van der Waals surface area contributed by atoms with Crippen LogP contribution in [-0.4, -0.2) is 37.2 Å². The summed E-state index contributed by atoms with van der Waals surface area (Å²) in [5.74, 6) is 2.78. The first-order valence-electron chi connectivity index (χ1n) is 10.5. The summed E-state index contributed by atoms with van der Waals surface area (Å²) >= 11 is 0. The summed E-state index contributed by atoms with van der Waals surface area (Å²) in [6.45, 7) is 4.28. The number of esters is 3. The van der Waals surface area contributed by atoms with Crippen LogP contribution in [-0.2, 0) is 28.6 Å². The van der Waals surface area contributed by atoms with Crippen molar-refractivity contribution in [3.8, 4) is 0 Å². The van der Waals surface area contributed by atoms with Crippen LogP contribution in [0.1, 0.15) is 52.4 Å². The number of ether oxygens (including phenoxy) is 3. The van der Waals surface area contributed by atoms with Crippen molar-refractivity contribution in [2.45, 2.75) is 58.5 Å². The van der Waals surface area contributed by atoms with Crippen LogP contribution in [0.4, 0.5) is 0 Å². The highest BCUT2D eigenvalue weighted by Crippen LogP contribution is 2.65. The fourth-order valence-corrected chi connectivity index (χ4v) is 6.69. The molecule has 6 nitrogen and oxygen atoms in total. The summed E-state index contributed by atoms with van der Waals surface area (Å²) in [6, 6.07) is 0. The first-order chi connectivity index (χ1) is 13.0. The molecule has 6 heteroatoms. The SMILES string of the molecule is CCC1CC(CC)C2C3CC(CC3C(=O)OCC(=O)OC3COC(=O)C3)C12. The van der Waals surface area contributed by atoms with E-state index in [2.05, 4.69) is 13.8 Å². The summed E-state index contributed by atoms with van der Waals surface area (Å²) in [5, 5.41) is 0. The molecule has 4 aliphatic rings. The van der Waals surface area contributed by atoms with Crippen molar-refractivity contribution < 1.29 is 28.6 Å². The zero-order valence-corrected chi connectivity index (χ0v) is 16.2. The topological polar surface area (TPSA) is 78.9 Å². The Morgan fingerprint density at radius 3 is 2.48 bits per heavy atom. The van der Waals surface area contributed by atoms with Crippen molar-refractivity contribution in [1.29, 1.82) is 0 Å². The maximum absolute atomic E-state index is 12.7.